The summed E-state index contributed by atoms with van der Waals surface area (Å²) in [5.41, 5.74) is 0.860. The van der Waals surface area contributed by atoms with Crippen LogP contribution in [0.4, 0.5) is 0 Å². The van der Waals surface area contributed by atoms with E-state index in [-0.39, 0.29) is 22.1 Å². The summed E-state index contributed by atoms with van der Waals surface area (Å²) in [6, 6.07) is 13.2. The molecule has 0 aliphatic rings. The first-order valence-electron chi connectivity index (χ1n) is 10.1. The van der Waals surface area contributed by atoms with Crippen LogP contribution in [0.15, 0.2) is 58.2 Å². The van der Waals surface area contributed by atoms with Gasteiger partial charge in [-0.15, -0.1) is 0 Å². The maximum Gasteiger partial charge on any atom is 0.274 e. The van der Waals surface area contributed by atoms with Crippen molar-refractivity contribution < 1.29 is 13.2 Å². The third kappa shape index (κ3) is 5.56. The summed E-state index contributed by atoms with van der Waals surface area (Å²) in [5, 5.41) is 13.3. The minimum absolute atomic E-state index is 0.0413. The summed E-state index contributed by atoms with van der Waals surface area (Å²) < 4.78 is 24.0. The molecule has 0 atom stereocenters. The van der Waals surface area contributed by atoms with Gasteiger partial charge in [0.25, 0.3) is 11.5 Å². The Balaban J connectivity index is 1.77. The summed E-state index contributed by atoms with van der Waals surface area (Å²) >= 11 is 0. The van der Waals surface area contributed by atoms with Crippen LogP contribution in [0.1, 0.15) is 36.3 Å². The first-order valence-corrected chi connectivity index (χ1v) is 11.6. The molecule has 8 nitrogen and oxygen atoms in total. The number of amides is 1. The molecule has 1 amide bonds. The average Bonchev–Trinajstić information content (AvgIpc) is 2.73. The molecule has 9 heteroatoms. The van der Waals surface area contributed by atoms with E-state index in [2.05, 4.69) is 24.3 Å². The predicted octanol–water partition coefficient (Wildman–Crippen LogP) is 2.06. The molecule has 0 saturated heterocycles. The molecule has 31 heavy (non-hydrogen) atoms. The maximum absolute atomic E-state index is 12.9. The molecule has 1 heterocycles. The third-order valence-corrected chi connectivity index (χ3v) is 5.88. The Bertz CT molecular complexity index is 1250. The Labute approximate surface area is 181 Å². The summed E-state index contributed by atoms with van der Waals surface area (Å²) in [7, 11) is -3.73. The standard InChI is InChI=1S/C22H26N4O4S/c1-15(2)12-14-26-22(28)19-6-4-3-5-18(19)20(25-26)21(27)24-13-11-16-7-9-17(10-8-16)31(23,29)30/h3-10,15H,11-14H2,1-2H3,(H,24,27)(H2,23,29,30). The molecule has 0 unspecified atom stereocenters. The Morgan fingerprint density at radius 1 is 1.10 bits per heavy atom. The minimum atomic E-state index is -3.73. The highest BCUT2D eigenvalue weighted by Gasteiger charge is 2.16. The molecule has 0 spiro atoms. The van der Waals surface area contributed by atoms with E-state index in [4.69, 9.17) is 5.14 Å². The van der Waals surface area contributed by atoms with Gasteiger partial charge in [-0.25, -0.2) is 18.2 Å². The molecule has 0 aliphatic heterocycles. The monoisotopic (exact) mass is 442 g/mol. The van der Waals surface area contributed by atoms with Gasteiger partial charge in [0.2, 0.25) is 10.0 Å². The molecule has 0 aliphatic carbocycles. The second-order valence-electron chi connectivity index (χ2n) is 7.80. The van der Waals surface area contributed by atoms with Crippen molar-refractivity contribution in [1.82, 2.24) is 15.1 Å². The van der Waals surface area contributed by atoms with E-state index < -0.39 is 10.0 Å². The van der Waals surface area contributed by atoms with Gasteiger partial charge < -0.3 is 5.32 Å². The van der Waals surface area contributed by atoms with Gasteiger partial charge in [0.05, 0.1) is 10.3 Å². The van der Waals surface area contributed by atoms with Crippen LogP contribution in [0.3, 0.4) is 0 Å². The van der Waals surface area contributed by atoms with Crippen molar-refractivity contribution in [3.8, 4) is 0 Å². The van der Waals surface area contributed by atoms with Gasteiger partial charge in [0.1, 0.15) is 0 Å². The van der Waals surface area contributed by atoms with Crippen LogP contribution in [0, 0.1) is 5.92 Å². The smallest absolute Gasteiger partial charge is 0.274 e. The van der Waals surface area contributed by atoms with Crippen molar-refractivity contribution in [2.24, 2.45) is 11.1 Å². The SMILES string of the molecule is CC(C)CCn1nc(C(=O)NCCc2ccc(S(N)(=O)=O)cc2)c2ccccc2c1=O. The number of benzene rings is 2. The number of fused-ring (bicyclic) bond motifs is 1. The van der Waals surface area contributed by atoms with E-state index in [1.807, 2.05) is 0 Å². The second kappa shape index (κ2) is 9.40. The Morgan fingerprint density at radius 2 is 1.74 bits per heavy atom. The molecular weight excluding hydrogens is 416 g/mol. The molecule has 0 radical (unpaired) electrons. The molecule has 2 aromatic carbocycles. The zero-order valence-corrected chi connectivity index (χ0v) is 18.4. The van der Waals surface area contributed by atoms with Gasteiger partial charge in [-0.3, -0.25) is 9.59 Å². The van der Waals surface area contributed by atoms with Gasteiger partial charge in [-0.1, -0.05) is 44.2 Å². The zero-order chi connectivity index (χ0) is 22.6. The van der Waals surface area contributed by atoms with E-state index in [9.17, 15) is 18.0 Å². The lowest BCUT2D eigenvalue weighted by molar-refractivity contribution is 0.0948. The van der Waals surface area contributed by atoms with Gasteiger partial charge in [-0.2, -0.15) is 5.10 Å². The van der Waals surface area contributed by atoms with Crippen LogP contribution < -0.4 is 16.0 Å². The van der Waals surface area contributed by atoms with E-state index in [0.29, 0.717) is 36.2 Å². The zero-order valence-electron chi connectivity index (χ0n) is 17.5. The molecule has 3 rings (SSSR count). The number of aryl methyl sites for hydroxylation is 1. The highest BCUT2D eigenvalue weighted by Crippen LogP contribution is 2.14. The first kappa shape index (κ1) is 22.6. The number of sulfonamides is 1. The van der Waals surface area contributed by atoms with Crippen molar-refractivity contribution in [3.63, 3.8) is 0 Å². The van der Waals surface area contributed by atoms with Crippen LogP contribution in [-0.4, -0.2) is 30.7 Å². The van der Waals surface area contributed by atoms with Crippen LogP contribution in [0.2, 0.25) is 0 Å². The fourth-order valence-electron chi connectivity index (χ4n) is 3.18. The number of aromatic nitrogens is 2. The highest BCUT2D eigenvalue weighted by atomic mass is 32.2. The summed E-state index contributed by atoms with van der Waals surface area (Å²) in [6.07, 6.45) is 1.28. The van der Waals surface area contributed by atoms with Crippen molar-refractivity contribution in [3.05, 3.63) is 70.1 Å². The lowest BCUT2D eigenvalue weighted by Crippen LogP contribution is -2.32. The van der Waals surface area contributed by atoms with Crippen LogP contribution in [0.5, 0.6) is 0 Å². The van der Waals surface area contributed by atoms with E-state index in [1.54, 1.807) is 36.4 Å². The quantitative estimate of drug-likeness (QED) is 0.553. The van der Waals surface area contributed by atoms with Crippen LogP contribution >= 0.6 is 0 Å². The molecule has 3 N–H and O–H groups in total. The van der Waals surface area contributed by atoms with Gasteiger partial charge >= 0.3 is 0 Å². The summed E-state index contributed by atoms with van der Waals surface area (Å²) in [5.74, 6) is 0.0359. The van der Waals surface area contributed by atoms with Crippen LogP contribution in [-0.2, 0) is 23.0 Å². The van der Waals surface area contributed by atoms with Crippen molar-refractivity contribution in [1.29, 1.82) is 0 Å². The van der Waals surface area contributed by atoms with E-state index in [1.165, 1.54) is 16.8 Å². The number of carbonyl (C=O) groups excluding carboxylic acids is 1. The molecule has 1 aromatic heterocycles. The normalized spacial score (nSPS) is 11.7. The molecule has 0 saturated carbocycles. The number of hydrogen-bond acceptors (Lipinski definition) is 5. The third-order valence-electron chi connectivity index (χ3n) is 4.95. The van der Waals surface area contributed by atoms with E-state index >= 15 is 0 Å². The molecule has 0 fully saturated rings. The molecule has 3 aromatic rings. The number of nitrogens with two attached hydrogens (primary N) is 1. The summed E-state index contributed by atoms with van der Waals surface area (Å²) in [4.78, 5) is 25.6. The molecular formula is C22H26N4O4S. The summed E-state index contributed by atoms with van der Waals surface area (Å²) in [6.45, 7) is 4.90. The van der Waals surface area contributed by atoms with Gasteiger partial charge in [-0.05, 0) is 42.5 Å². The van der Waals surface area contributed by atoms with Gasteiger partial charge in [0, 0.05) is 18.5 Å². The number of rotatable bonds is 8. The second-order valence-corrected chi connectivity index (χ2v) is 9.36. The fourth-order valence-corrected chi connectivity index (χ4v) is 3.70. The predicted molar refractivity (Wildman–Crippen MR) is 119 cm³/mol. The molecule has 164 valence electrons. The lowest BCUT2D eigenvalue weighted by Gasteiger charge is -2.12. The minimum Gasteiger partial charge on any atom is -0.350 e. The molecule has 0 bridgehead atoms. The number of primary sulfonamides is 1. The topological polar surface area (TPSA) is 124 Å². The number of carbonyl (C=O) groups is 1. The Morgan fingerprint density at radius 3 is 2.35 bits per heavy atom. The fraction of sp³-hybridized carbons (Fsp3) is 0.318. The Hall–Kier alpha value is -3.04. The van der Waals surface area contributed by atoms with Crippen molar-refractivity contribution in [2.75, 3.05) is 6.54 Å². The maximum atomic E-state index is 12.9. The Kier molecular flexibility index (Phi) is 6.87. The average molecular weight is 443 g/mol. The van der Waals surface area contributed by atoms with Crippen molar-refractivity contribution >= 4 is 26.7 Å². The number of nitrogens with zero attached hydrogens (tertiary/aromatic N) is 2. The lowest BCUT2D eigenvalue weighted by atomic mass is 10.1. The van der Waals surface area contributed by atoms with E-state index in [0.717, 1.165) is 12.0 Å². The number of nitrogens with one attached hydrogen (secondary N) is 1. The van der Waals surface area contributed by atoms with Gasteiger partial charge in [0.15, 0.2) is 5.69 Å². The first-order chi connectivity index (χ1) is 14.7. The largest absolute Gasteiger partial charge is 0.350 e. The van der Waals surface area contributed by atoms with Crippen LogP contribution in [0.25, 0.3) is 10.8 Å². The van der Waals surface area contributed by atoms with Crippen molar-refractivity contribution in [2.45, 2.75) is 38.1 Å². The number of hydrogen-bond donors (Lipinski definition) is 2. The highest BCUT2D eigenvalue weighted by molar-refractivity contribution is 7.89.